The highest BCUT2D eigenvalue weighted by Crippen LogP contribution is 2.44. The van der Waals surface area contributed by atoms with Crippen molar-refractivity contribution >= 4 is 22.4 Å². The first kappa shape index (κ1) is 13.0. The Bertz CT molecular complexity index is 585. The van der Waals surface area contributed by atoms with E-state index < -0.39 is 0 Å². The zero-order chi connectivity index (χ0) is 13.5. The molecular weight excluding hydrogens is 254 g/mol. The first-order valence-corrected chi connectivity index (χ1v) is 7.37. The zero-order valence-corrected chi connectivity index (χ0v) is 12.2. The molecule has 1 saturated carbocycles. The minimum Gasteiger partial charge on any atom is -0.309 e. The molecule has 0 spiro atoms. The molecule has 100 valence electrons. The molecule has 2 atom stereocenters. The molecular formula is C17H20ClN. The third kappa shape index (κ3) is 2.26. The summed E-state index contributed by atoms with van der Waals surface area (Å²) in [4.78, 5) is 0. The second-order valence-electron chi connectivity index (χ2n) is 6.10. The van der Waals surface area contributed by atoms with Crippen molar-refractivity contribution in [3.63, 3.8) is 0 Å². The van der Waals surface area contributed by atoms with Crippen molar-refractivity contribution in [3.8, 4) is 0 Å². The van der Waals surface area contributed by atoms with Gasteiger partial charge in [-0.05, 0) is 28.2 Å². The third-order valence-corrected chi connectivity index (χ3v) is 5.31. The number of hydrogen-bond donors (Lipinski definition) is 1. The number of hydrogen-bond acceptors (Lipinski definition) is 1. The van der Waals surface area contributed by atoms with Gasteiger partial charge in [-0.25, -0.2) is 0 Å². The van der Waals surface area contributed by atoms with Crippen LogP contribution in [0.4, 0.5) is 0 Å². The molecule has 1 aliphatic rings. The molecule has 0 heterocycles. The van der Waals surface area contributed by atoms with Gasteiger partial charge in [-0.2, -0.15) is 0 Å². The highest BCUT2D eigenvalue weighted by atomic mass is 35.5. The molecule has 2 unspecified atom stereocenters. The van der Waals surface area contributed by atoms with Crippen LogP contribution in [0.25, 0.3) is 10.8 Å². The van der Waals surface area contributed by atoms with Crippen molar-refractivity contribution in [3.05, 3.63) is 48.0 Å². The van der Waals surface area contributed by atoms with E-state index in [1.807, 2.05) is 0 Å². The number of fused-ring (bicyclic) bond motifs is 1. The molecule has 0 aromatic heterocycles. The van der Waals surface area contributed by atoms with Gasteiger partial charge in [0, 0.05) is 18.0 Å². The fourth-order valence-corrected chi connectivity index (χ4v) is 3.23. The Labute approximate surface area is 120 Å². The minimum atomic E-state index is 0.201. The molecule has 0 saturated heterocycles. The molecule has 0 amide bonds. The van der Waals surface area contributed by atoms with Gasteiger partial charge in [-0.1, -0.05) is 56.3 Å². The molecule has 1 fully saturated rings. The van der Waals surface area contributed by atoms with E-state index in [-0.39, 0.29) is 5.41 Å². The van der Waals surface area contributed by atoms with E-state index in [1.54, 1.807) is 0 Å². The summed E-state index contributed by atoms with van der Waals surface area (Å²) in [5.74, 6) is 0. The number of alkyl halides is 1. The van der Waals surface area contributed by atoms with Gasteiger partial charge in [0.05, 0.1) is 0 Å². The summed E-state index contributed by atoms with van der Waals surface area (Å²) in [7, 11) is 0. The maximum Gasteiger partial charge on any atom is 0.0416 e. The van der Waals surface area contributed by atoms with Crippen LogP contribution >= 0.6 is 11.6 Å². The van der Waals surface area contributed by atoms with Gasteiger partial charge in [0.15, 0.2) is 0 Å². The van der Waals surface area contributed by atoms with Crippen LogP contribution < -0.4 is 5.32 Å². The van der Waals surface area contributed by atoms with Gasteiger partial charge in [0.25, 0.3) is 0 Å². The van der Waals surface area contributed by atoms with Crippen molar-refractivity contribution < 1.29 is 0 Å². The molecule has 3 rings (SSSR count). The summed E-state index contributed by atoms with van der Waals surface area (Å²) in [6.45, 7) is 5.41. The van der Waals surface area contributed by atoms with E-state index in [1.165, 1.54) is 16.3 Å². The lowest BCUT2D eigenvalue weighted by molar-refractivity contribution is 0.115. The molecule has 0 aliphatic heterocycles. The lowest BCUT2D eigenvalue weighted by Crippen LogP contribution is -2.57. The van der Waals surface area contributed by atoms with Crippen LogP contribution in [0.1, 0.15) is 25.8 Å². The average molecular weight is 274 g/mol. The Kier molecular flexibility index (Phi) is 3.28. The van der Waals surface area contributed by atoms with E-state index in [4.69, 9.17) is 11.6 Å². The normalized spacial score (nSPS) is 25.2. The summed E-state index contributed by atoms with van der Waals surface area (Å²) >= 11 is 6.27. The molecule has 2 aromatic rings. The molecule has 1 N–H and O–H groups in total. The first-order chi connectivity index (χ1) is 9.09. The van der Waals surface area contributed by atoms with Gasteiger partial charge >= 0.3 is 0 Å². The SMILES string of the molecule is CC1(C)C(Cl)CC1NCc1cccc2ccccc12. The highest BCUT2D eigenvalue weighted by Gasteiger charge is 2.46. The standard InChI is InChI=1S/C17H20ClN/c1-17(2)15(18)10-16(17)19-11-13-8-5-7-12-6-3-4-9-14(12)13/h3-9,15-16,19H,10-11H2,1-2H3. The second-order valence-corrected chi connectivity index (χ2v) is 6.62. The van der Waals surface area contributed by atoms with E-state index in [2.05, 4.69) is 61.6 Å². The van der Waals surface area contributed by atoms with Crippen LogP contribution in [0.3, 0.4) is 0 Å². The molecule has 1 nitrogen and oxygen atoms in total. The van der Waals surface area contributed by atoms with Crippen LogP contribution in [0.5, 0.6) is 0 Å². The monoisotopic (exact) mass is 273 g/mol. The van der Waals surface area contributed by atoms with Crippen molar-refractivity contribution in [2.75, 3.05) is 0 Å². The van der Waals surface area contributed by atoms with Gasteiger partial charge in [0.2, 0.25) is 0 Å². The Hall–Kier alpha value is -1.05. The van der Waals surface area contributed by atoms with E-state index in [9.17, 15) is 0 Å². The van der Waals surface area contributed by atoms with Crippen molar-refractivity contribution in [2.24, 2.45) is 5.41 Å². The smallest absolute Gasteiger partial charge is 0.0416 e. The molecule has 0 bridgehead atoms. The maximum absolute atomic E-state index is 6.27. The Morgan fingerprint density at radius 3 is 2.63 bits per heavy atom. The Morgan fingerprint density at radius 2 is 1.89 bits per heavy atom. The number of nitrogens with one attached hydrogen (secondary N) is 1. The van der Waals surface area contributed by atoms with Crippen molar-refractivity contribution in [1.82, 2.24) is 5.32 Å². The topological polar surface area (TPSA) is 12.0 Å². The number of benzene rings is 2. The molecule has 19 heavy (non-hydrogen) atoms. The van der Waals surface area contributed by atoms with Crippen LogP contribution in [0, 0.1) is 5.41 Å². The van der Waals surface area contributed by atoms with Gasteiger partial charge in [-0.15, -0.1) is 11.6 Å². The average Bonchev–Trinajstić information content (AvgIpc) is 2.43. The fraction of sp³-hybridized carbons (Fsp3) is 0.412. The zero-order valence-electron chi connectivity index (χ0n) is 11.5. The summed E-state index contributed by atoms with van der Waals surface area (Å²) in [6, 6.07) is 15.6. The van der Waals surface area contributed by atoms with Crippen LogP contribution in [-0.2, 0) is 6.54 Å². The molecule has 2 aromatic carbocycles. The lowest BCUT2D eigenvalue weighted by Gasteiger charge is -2.49. The predicted octanol–water partition coefficient (Wildman–Crippen LogP) is 4.34. The van der Waals surface area contributed by atoms with E-state index in [0.29, 0.717) is 11.4 Å². The third-order valence-electron chi connectivity index (χ3n) is 4.57. The lowest BCUT2D eigenvalue weighted by atomic mass is 9.66. The van der Waals surface area contributed by atoms with Crippen LogP contribution in [0.15, 0.2) is 42.5 Å². The van der Waals surface area contributed by atoms with Crippen LogP contribution in [0.2, 0.25) is 0 Å². The van der Waals surface area contributed by atoms with E-state index in [0.717, 1.165) is 13.0 Å². The molecule has 1 aliphatic carbocycles. The van der Waals surface area contributed by atoms with Gasteiger partial charge < -0.3 is 5.32 Å². The maximum atomic E-state index is 6.27. The summed E-state index contributed by atoms with van der Waals surface area (Å²) in [5, 5.41) is 6.62. The second kappa shape index (κ2) is 4.81. The van der Waals surface area contributed by atoms with Crippen LogP contribution in [-0.4, -0.2) is 11.4 Å². The van der Waals surface area contributed by atoms with E-state index >= 15 is 0 Å². The Balaban J connectivity index is 1.76. The quantitative estimate of drug-likeness (QED) is 0.821. The fourth-order valence-electron chi connectivity index (χ4n) is 2.90. The van der Waals surface area contributed by atoms with Crippen molar-refractivity contribution in [1.29, 1.82) is 0 Å². The molecule has 2 heteroatoms. The van der Waals surface area contributed by atoms with Gasteiger partial charge in [-0.3, -0.25) is 0 Å². The highest BCUT2D eigenvalue weighted by molar-refractivity contribution is 6.21. The minimum absolute atomic E-state index is 0.201. The molecule has 0 radical (unpaired) electrons. The largest absolute Gasteiger partial charge is 0.309 e. The summed E-state index contributed by atoms with van der Waals surface area (Å²) in [6.07, 6.45) is 1.07. The number of halogens is 1. The number of rotatable bonds is 3. The predicted molar refractivity (Wildman–Crippen MR) is 82.6 cm³/mol. The summed E-state index contributed by atoms with van der Waals surface area (Å²) in [5.41, 5.74) is 1.57. The Morgan fingerprint density at radius 1 is 1.16 bits per heavy atom. The van der Waals surface area contributed by atoms with Gasteiger partial charge in [0.1, 0.15) is 0 Å². The summed E-state index contributed by atoms with van der Waals surface area (Å²) < 4.78 is 0. The first-order valence-electron chi connectivity index (χ1n) is 6.93. The van der Waals surface area contributed by atoms with Crippen molar-refractivity contribution in [2.45, 2.75) is 38.2 Å².